The second-order valence-corrected chi connectivity index (χ2v) is 8.48. The highest BCUT2D eigenvalue weighted by molar-refractivity contribution is 7.78. The molecule has 0 bridgehead atoms. The summed E-state index contributed by atoms with van der Waals surface area (Å²) >= 11 is 17.3. The topological polar surface area (TPSA) is 50.4 Å². The van der Waals surface area contributed by atoms with Crippen molar-refractivity contribution < 1.29 is 9.53 Å². The van der Waals surface area contributed by atoms with E-state index in [9.17, 15) is 4.79 Å². The van der Waals surface area contributed by atoms with Crippen LogP contribution in [0, 0.1) is 5.41 Å². The van der Waals surface area contributed by atoms with Gasteiger partial charge in [-0.3, -0.25) is 4.79 Å². The predicted molar refractivity (Wildman–Crippen MR) is 121 cm³/mol. The zero-order valence-electron chi connectivity index (χ0n) is 16.1. The Hall–Kier alpha value is -1.82. The van der Waals surface area contributed by atoms with Crippen LogP contribution >= 0.6 is 35.4 Å². The first kappa shape index (κ1) is 22.5. The molecule has 4 nitrogen and oxygen atoms in total. The summed E-state index contributed by atoms with van der Waals surface area (Å²) in [4.78, 5) is 12.6. The van der Waals surface area contributed by atoms with Gasteiger partial charge >= 0.3 is 5.97 Å². The van der Waals surface area contributed by atoms with E-state index >= 15 is 0 Å². The van der Waals surface area contributed by atoms with Crippen molar-refractivity contribution in [2.45, 2.75) is 33.3 Å². The van der Waals surface area contributed by atoms with Gasteiger partial charge in [-0.1, -0.05) is 80.5 Å². The SMILES string of the molecule is CC(C)(C)C(CNC=S)OC(=O)Cc1ccccc1Nc1c(Cl)cccc1Cl. The molecular formula is C21H24Cl2N2O2S. The molecule has 0 amide bonds. The molecule has 2 rings (SSSR count). The Labute approximate surface area is 181 Å². The molecule has 2 N–H and O–H groups in total. The third-order valence-electron chi connectivity index (χ3n) is 4.20. The van der Waals surface area contributed by atoms with E-state index in [0.717, 1.165) is 11.3 Å². The number of anilines is 2. The van der Waals surface area contributed by atoms with Crippen molar-refractivity contribution in [1.29, 1.82) is 0 Å². The molecule has 7 heteroatoms. The van der Waals surface area contributed by atoms with Crippen molar-refractivity contribution in [3.05, 3.63) is 58.1 Å². The minimum Gasteiger partial charge on any atom is -0.460 e. The van der Waals surface area contributed by atoms with Crippen molar-refractivity contribution in [2.24, 2.45) is 5.41 Å². The Balaban J connectivity index is 2.16. The average Bonchev–Trinajstić information content (AvgIpc) is 2.62. The summed E-state index contributed by atoms with van der Waals surface area (Å²) in [7, 11) is 0. The number of rotatable bonds is 8. The number of nitrogens with one attached hydrogen (secondary N) is 2. The monoisotopic (exact) mass is 438 g/mol. The largest absolute Gasteiger partial charge is 0.460 e. The maximum absolute atomic E-state index is 12.6. The number of carbonyl (C=O) groups excluding carboxylic acids is 1. The Bertz CT molecular complexity index is 817. The number of carbonyl (C=O) groups is 1. The Morgan fingerprint density at radius 3 is 2.39 bits per heavy atom. The van der Waals surface area contributed by atoms with Crippen LogP contribution in [-0.2, 0) is 16.0 Å². The van der Waals surface area contributed by atoms with Crippen LogP contribution in [-0.4, -0.2) is 24.1 Å². The third-order valence-corrected chi connectivity index (χ3v) is 5.00. The molecule has 0 aliphatic rings. The minimum absolute atomic E-state index is 0.120. The predicted octanol–water partition coefficient (Wildman–Crippen LogP) is 5.78. The van der Waals surface area contributed by atoms with Crippen LogP contribution in [0.1, 0.15) is 26.3 Å². The summed E-state index contributed by atoms with van der Waals surface area (Å²) in [6, 6.07) is 12.8. The van der Waals surface area contributed by atoms with Crippen molar-refractivity contribution >= 4 is 58.3 Å². The summed E-state index contributed by atoms with van der Waals surface area (Å²) in [6.45, 7) is 6.52. The molecule has 0 aromatic heterocycles. The summed E-state index contributed by atoms with van der Waals surface area (Å²) in [5.41, 5.74) is 3.35. The molecular weight excluding hydrogens is 415 g/mol. The van der Waals surface area contributed by atoms with Gasteiger partial charge in [0.1, 0.15) is 6.10 Å². The fraction of sp³-hybridized carbons (Fsp3) is 0.333. The molecule has 1 unspecified atom stereocenters. The molecule has 0 aliphatic carbocycles. The molecule has 1 atom stereocenters. The quantitative estimate of drug-likeness (QED) is 0.403. The molecule has 0 heterocycles. The van der Waals surface area contributed by atoms with E-state index in [1.54, 1.807) is 18.2 Å². The van der Waals surface area contributed by atoms with Crippen LogP contribution in [0.25, 0.3) is 0 Å². The van der Waals surface area contributed by atoms with E-state index in [4.69, 9.17) is 40.2 Å². The molecule has 2 aromatic rings. The molecule has 0 saturated heterocycles. The van der Waals surface area contributed by atoms with Crippen molar-refractivity contribution in [2.75, 3.05) is 11.9 Å². The second-order valence-electron chi connectivity index (χ2n) is 7.43. The van der Waals surface area contributed by atoms with E-state index in [-0.39, 0.29) is 23.9 Å². The first-order chi connectivity index (χ1) is 13.2. The normalized spacial score (nSPS) is 12.2. The Kier molecular flexibility index (Phi) is 8.10. The van der Waals surface area contributed by atoms with Gasteiger partial charge in [-0.2, -0.15) is 0 Å². The lowest BCUT2D eigenvalue weighted by molar-refractivity contribution is -0.153. The van der Waals surface area contributed by atoms with Gasteiger partial charge in [0, 0.05) is 11.1 Å². The number of para-hydroxylation sites is 2. The molecule has 0 fully saturated rings. The molecule has 150 valence electrons. The lowest BCUT2D eigenvalue weighted by atomic mass is 9.89. The first-order valence-corrected chi connectivity index (χ1v) is 10.1. The summed E-state index contributed by atoms with van der Waals surface area (Å²) in [5.74, 6) is -0.314. The van der Waals surface area contributed by atoms with Crippen LogP contribution in [0.5, 0.6) is 0 Å². The van der Waals surface area contributed by atoms with E-state index in [0.29, 0.717) is 22.3 Å². The minimum atomic E-state index is -0.314. The summed E-state index contributed by atoms with van der Waals surface area (Å²) in [5, 5.41) is 7.19. The maximum atomic E-state index is 12.6. The number of ether oxygens (including phenoxy) is 1. The third kappa shape index (κ3) is 6.36. The van der Waals surface area contributed by atoms with Gasteiger partial charge in [-0.15, -0.1) is 0 Å². The number of esters is 1. The fourth-order valence-electron chi connectivity index (χ4n) is 2.58. The molecule has 0 spiro atoms. The van der Waals surface area contributed by atoms with Gasteiger partial charge in [-0.25, -0.2) is 0 Å². The molecule has 0 saturated carbocycles. The van der Waals surface area contributed by atoms with Crippen LogP contribution in [0.2, 0.25) is 10.0 Å². The number of hydrogen-bond donors (Lipinski definition) is 2. The highest BCUT2D eigenvalue weighted by atomic mass is 35.5. The molecule has 0 radical (unpaired) electrons. The number of halogens is 2. The Morgan fingerprint density at radius 2 is 1.79 bits per heavy atom. The number of benzene rings is 2. The zero-order chi connectivity index (χ0) is 20.7. The van der Waals surface area contributed by atoms with Gasteiger partial charge in [-0.05, 0) is 23.8 Å². The summed E-state index contributed by atoms with van der Waals surface area (Å²) < 4.78 is 5.73. The van der Waals surface area contributed by atoms with E-state index in [2.05, 4.69) is 10.6 Å². The van der Waals surface area contributed by atoms with E-state index < -0.39 is 0 Å². The van der Waals surface area contributed by atoms with Gasteiger partial charge in [0.2, 0.25) is 0 Å². The van der Waals surface area contributed by atoms with Crippen LogP contribution in [0.3, 0.4) is 0 Å². The fourth-order valence-corrected chi connectivity index (χ4v) is 3.17. The van der Waals surface area contributed by atoms with E-state index in [1.165, 1.54) is 5.49 Å². The number of thiocarbonyl (C=S) groups is 1. The van der Waals surface area contributed by atoms with Crippen molar-refractivity contribution in [1.82, 2.24) is 5.32 Å². The van der Waals surface area contributed by atoms with Crippen LogP contribution < -0.4 is 10.6 Å². The van der Waals surface area contributed by atoms with Gasteiger partial charge in [0.15, 0.2) is 0 Å². The van der Waals surface area contributed by atoms with Gasteiger partial charge in [0.05, 0.1) is 34.2 Å². The average molecular weight is 439 g/mol. The zero-order valence-corrected chi connectivity index (χ0v) is 18.4. The first-order valence-electron chi connectivity index (χ1n) is 8.88. The highest BCUT2D eigenvalue weighted by Crippen LogP contribution is 2.33. The van der Waals surface area contributed by atoms with E-state index in [1.807, 2.05) is 45.0 Å². The maximum Gasteiger partial charge on any atom is 0.310 e. The smallest absolute Gasteiger partial charge is 0.310 e. The lowest BCUT2D eigenvalue weighted by Gasteiger charge is -2.30. The van der Waals surface area contributed by atoms with Crippen LogP contribution in [0.15, 0.2) is 42.5 Å². The lowest BCUT2D eigenvalue weighted by Crippen LogP contribution is -2.40. The van der Waals surface area contributed by atoms with Gasteiger partial charge in [0.25, 0.3) is 0 Å². The van der Waals surface area contributed by atoms with Crippen LogP contribution in [0.4, 0.5) is 11.4 Å². The molecule has 0 aliphatic heterocycles. The van der Waals surface area contributed by atoms with Crippen molar-refractivity contribution in [3.8, 4) is 0 Å². The summed E-state index contributed by atoms with van der Waals surface area (Å²) in [6.07, 6.45) is -0.188. The standard InChI is InChI=1S/C21H24Cl2N2O2S/c1-21(2,3)18(12-24-13-28)27-19(26)11-14-7-4-5-10-17(14)25-20-15(22)8-6-9-16(20)23/h4-10,13,18,25H,11-12H2,1-3H3,(H,24,28). The molecule has 28 heavy (non-hydrogen) atoms. The van der Waals surface area contributed by atoms with Gasteiger partial charge < -0.3 is 15.4 Å². The second kappa shape index (κ2) is 10.1. The highest BCUT2D eigenvalue weighted by Gasteiger charge is 2.28. The number of hydrogen-bond acceptors (Lipinski definition) is 4. The molecule has 2 aromatic carbocycles. The Morgan fingerprint density at radius 1 is 1.14 bits per heavy atom. The van der Waals surface area contributed by atoms with Crippen molar-refractivity contribution in [3.63, 3.8) is 0 Å².